The Bertz CT molecular complexity index is 622. The van der Waals surface area contributed by atoms with E-state index in [2.05, 4.69) is 10.3 Å². The van der Waals surface area contributed by atoms with E-state index >= 15 is 0 Å². The van der Waals surface area contributed by atoms with E-state index in [9.17, 15) is 0 Å². The highest BCUT2D eigenvalue weighted by Crippen LogP contribution is 2.21. The molecule has 0 radical (unpaired) electrons. The van der Waals surface area contributed by atoms with Crippen LogP contribution in [0.15, 0.2) is 47.5 Å². The Morgan fingerprint density at radius 1 is 1.15 bits per heavy atom. The number of aryl methyl sites for hydroxylation is 1. The predicted octanol–water partition coefficient (Wildman–Crippen LogP) is 4.23. The predicted molar refractivity (Wildman–Crippen MR) is 86.6 cm³/mol. The molecule has 0 heterocycles. The van der Waals surface area contributed by atoms with Crippen molar-refractivity contribution in [3.8, 4) is 0 Å². The van der Waals surface area contributed by atoms with Gasteiger partial charge < -0.3 is 11.1 Å². The minimum Gasteiger partial charge on any atom is -0.370 e. The zero-order valence-electron chi connectivity index (χ0n) is 11.0. The van der Waals surface area contributed by atoms with Gasteiger partial charge in [0.05, 0.1) is 6.54 Å². The van der Waals surface area contributed by atoms with Gasteiger partial charge in [-0.05, 0) is 36.8 Å². The van der Waals surface area contributed by atoms with E-state index in [1.807, 2.05) is 37.3 Å². The Morgan fingerprint density at radius 2 is 1.85 bits per heavy atom. The third kappa shape index (κ3) is 4.15. The molecule has 0 unspecified atom stereocenters. The number of aliphatic imine (C=N–C) groups is 1. The van der Waals surface area contributed by atoms with Crippen molar-refractivity contribution in [3.05, 3.63) is 63.6 Å². The molecule has 3 nitrogen and oxygen atoms in total. The lowest BCUT2D eigenvalue weighted by molar-refractivity contribution is 1.06. The summed E-state index contributed by atoms with van der Waals surface area (Å²) in [6, 6.07) is 13.2. The van der Waals surface area contributed by atoms with Crippen LogP contribution in [0, 0.1) is 6.92 Å². The zero-order chi connectivity index (χ0) is 14.5. The molecule has 2 rings (SSSR count). The summed E-state index contributed by atoms with van der Waals surface area (Å²) in [4.78, 5) is 4.26. The number of nitrogens with one attached hydrogen (secondary N) is 1. The molecule has 2 aromatic rings. The quantitative estimate of drug-likeness (QED) is 0.658. The highest BCUT2D eigenvalue weighted by Gasteiger charge is 2.01. The van der Waals surface area contributed by atoms with Crippen LogP contribution in [0.1, 0.15) is 11.1 Å². The summed E-state index contributed by atoms with van der Waals surface area (Å²) in [6.45, 7) is 2.43. The fourth-order valence-corrected chi connectivity index (χ4v) is 2.11. The van der Waals surface area contributed by atoms with Crippen LogP contribution in [0.5, 0.6) is 0 Å². The second-order valence-corrected chi connectivity index (χ2v) is 5.27. The molecule has 2 aromatic carbocycles. The van der Waals surface area contributed by atoms with Crippen LogP contribution >= 0.6 is 23.2 Å². The monoisotopic (exact) mass is 307 g/mol. The molecule has 0 aliphatic carbocycles. The lowest BCUT2D eigenvalue weighted by atomic mass is 10.2. The Labute approximate surface area is 128 Å². The summed E-state index contributed by atoms with van der Waals surface area (Å²) in [5, 5.41) is 4.22. The van der Waals surface area contributed by atoms with Crippen molar-refractivity contribution in [1.82, 2.24) is 0 Å². The van der Waals surface area contributed by atoms with E-state index in [1.165, 1.54) is 5.56 Å². The third-order valence-electron chi connectivity index (χ3n) is 2.76. The van der Waals surface area contributed by atoms with Crippen molar-refractivity contribution >= 4 is 34.8 Å². The van der Waals surface area contributed by atoms with Crippen molar-refractivity contribution in [2.24, 2.45) is 10.7 Å². The van der Waals surface area contributed by atoms with Crippen molar-refractivity contribution in [3.63, 3.8) is 0 Å². The largest absolute Gasteiger partial charge is 0.370 e. The minimum absolute atomic E-state index is 0.347. The Kier molecular flexibility index (Phi) is 4.88. The molecule has 3 N–H and O–H groups in total. The van der Waals surface area contributed by atoms with E-state index in [1.54, 1.807) is 12.1 Å². The van der Waals surface area contributed by atoms with Crippen LogP contribution in [0.4, 0.5) is 5.69 Å². The molecule has 0 spiro atoms. The number of hydrogen-bond acceptors (Lipinski definition) is 1. The number of hydrogen-bond donors (Lipinski definition) is 2. The fourth-order valence-electron chi connectivity index (χ4n) is 1.64. The maximum absolute atomic E-state index is 6.08. The first-order valence-electron chi connectivity index (χ1n) is 6.12. The van der Waals surface area contributed by atoms with Crippen molar-refractivity contribution in [2.45, 2.75) is 13.5 Å². The van der Waals surface area contributed by atoms with E-state index in [0.29, 0.717) is 22.5 Å². The molecular weight excluding hydrogens is 293 g/mol. The molecule has 20 heavy (non-hydrogen) atoms. The third-order valence-corrected chi connectivity index (χ3v) is 3.35. The molecule has 5 heteroatoms. The molecule has 0 bridgehead atoms. The standard InChI is InChI=1S/C15H15Cl2N3/c1-10-2-6-13(7-3-10)20-15(18)19-9-11-4-5-12(16)8-14(11)17/h2-8H,9H2,1H3,(H3,18,19,20). The van der Waals surface area contributed by atoms with Gasteiger partial charge in [-0.1, -0.05) is 47.0 Å². The number of benzene rings is 2. The van der Waals surface area contributed by atoms with Crippen LogP contribution in [0.2, 0.25) is 10.0 Å². The van der Waals surface area contributed by atoms with Crippen LogP contribution < -0.4 is 11.1 Å². The fraction of sp³-hybridized carbons (Fsp3) is 0.133. The summed E-state index contributed by atoms with van der Waals surface area (Å²) in [5.74, 6) is 0.347. The van der Waals surface area contributed by atoms with Gasteiger partial charge in [0.2, 0.25) is 0 Å². The van der Waals surface area contributed by atoms with Gasteiger partial charge in [0.15, 0.2) is 5.96 Å². The molecule has 0 aromatic heterocycles. The molecule has 0 amide bonds. The van der Waals surface area contributed by atoms with Gasteiger partial charge in [-0.3, -0.25) is 0 Å². The SMILES string of the molecule is Cc1ccc(NC(N)=NCc2ccc(Cl)cc2Cl)cc1. The molecule has 0 saturated heterocycles. The number of rotatable bonds is 3. The highest BCUT2D eigenvalue weighted by molar-refractivity contribution is 6.35. The molecule has 104 valence electrons. The maximum Gasteiger partial charge on any atom is 0.193 e. The van der Waals surface area contributed by atoms with Gasteiger partial charge >= 0.3 is 0 Å². The van der Waals surface area contributed by atoms with E-state index in [-0.39, 0.29) is 0 Å². The number of guanidine groups is 1. The van der Waals surface area contributed by atoms with Gasteiger partial charge in [-0.2, -0.15) is 0 Å². The second-order valence-electron chi connectivity index (χ2n) is 4.43. The number of halogens is 2. The smallest absolute Gasteiger partial charge is 0.193 e. The van der Waals surface area contributed by atoms with Crippen LogP contribution in [0.25, 0.3) is 0 Å². The van der Waals surface area contributed by atoms with Gasteiger partial charge in [-0.25, -0.2) is 4.99 Å². The zero-order valence-corrected chi connectivity index (χ0v) is 12.5. The molecule has 0 atom stereocenters. The normalized spacial score (nSPS) is 11.4. The van der Waals surface area contributed by atoms with Gasteiger partial charge in [0.1, 0.15) is 0 Å². The summed E-state index contributed by atoms with van der Waals surface area (Å²) in [6.07, 6.45) is 0. The number of anilines is 1. The van der Waals surface area contributed by atoms with Crippen LogP contribution in [0.3, 0.4) is 0 Å². The summed E-state index contributed by atoms with van der Waals surface area (Å²) >= 11 is 11.9. The molecular formula is C15H15Cl2N3. The van der Waals surface area contributed by atoms with Gasteiger partial charge in [0, 0.05) is 15.7 Å². The average Bonchev–Trinajstić information content (AvgIpc) is 2.40. The molecule has 0 aliphatic rings. The lowest BCUT2D eigenvalue weighted by Crippen LogP contribution is -2.22. The number of nitrogens with two attached hydrogens (primary N) is 1. The highest BCUT2D eigenvalue weighted by atomic mass is 35.5. The molecule has 0 aliphatic heterocycles. The molecule has 0 saturated carbocycles. The van der Waals surface area contributed by atoms with Crippen molar-refractivity contribution < 1.29 is 0 Å². The van der Waals surface area contributed by atoms with Crippen LogP contribution in [-0.4, -0.2) is 5.96 Å². The van der Waals surface area contributed by atoms with E-state index in [4.69, 9.17) is 28.9 Å². The first-order valence-corrected chi connectivity index (χ1v) is 6.88. The van der Waals surface area contributed by atoms with Gasteiger partial charge in [0.25, 0.3) is 0 Å². The Hall–Kier alpha value is -1.71. The van der Waals surface area contributed by atoms with E-state index in [0.717, 1.165) is 11.3 Å². The van der Waals surface area contributed by atoms with Crippen molar-refractivity contribution in [2.75, 3.05) is 5.32 Å². The average molecular weight is 308 g/mol. The van der Waals surface area contributed by atoms with Gasteiger partial charge in [-0.15, -0.1) is 0 Å². The summed E-state index contributed by atoms with van der Waals surface area (Å²) in [5.41, 5.74) is 8.82. The Morgan fingerprint density at radius 3 is 2.50 bits per heavy atom. The first-order chi connectivity index (χ1) is 9.54. The summed E-state index contributed by atoms with van der Waals surface area (Å²) in [7, 11) is 0. The lowest BCUT2D eigenvalue weighted by Gasteiger charge is -2.06. The van der Waals surface area contributed by atoms with Crippen molar-refractivity contribution in [1.29, 1.82) is 0 Å². The summed E-state index contributed by atoms with van der Waals surface area (Å²) < 4.78 is 0. The first kappa shape index (κ1) is 14.7. The second kappa shape index (κ2) is 6.64. The van der Waals surface area contributed by atoms with Crippen LogP contribution in [-0.2, 0) is 6.54 Å². The topological polar surface area (TPSA) is 50.4 Å². The van der Waals surface area contributed by atoms with E-state index < -0.39 is 0 Å². The minimum atomic E-state index is 0.347. The Balaban J connectivity index is 2.01. The molecule has 0 fully saturated rings. The number of nitrogens with zero attached hydrogens (tertiary/aromatic N) is 1. The maximum atomic E-state index is 6.08.